The highest BCUT2D eigenvalue weighted by atomic mass is 32.1. The van der Waals surface area contributed by atoms with E-state index in [0.717, 1.165) is 6.54 Å². The highest BCUT2D eigenvalue weighted by Crippen LogP contribution is 2.40. The molecule has 1 fully saturated rings. The summed E-state index contributed by atoms with van der Waals surface area (Å²) in [5.74, 6) is 0. The second-order valence-electron chi connectivity index (χ2n) is 6.12. The quantitative estimate of drug-likeness (QED) is 0.839. The van der Waals surface area contributed by atoms with Crippen LogP contribution in [0.15, 0.2) is 0 Å². The summed E-state index contributed by atoms with van der Waals surface area (Å²) < 4.78 is 0. The number of nitrogens with one attached hydrogen (secondary N) is 1. The van der Waals surface area contributed by atoms with Crippen LogP contribution in [-0.4, -0.2) is 11.5 Å². The molecule has 3 heteroatoms. The average Bonchev–Trinajstić information content (AvgIpc) is 2.73. The lowest BCUT2D eigenvalue weighted by Crippen LogP contribution is -2.41. The van der Waals surface area contributed by atoms with E-state index in [1.54, 1.807) is 4.88 Å². The van der Waals surface area contributed by atoms with Crippen molar-refractivity contribution >= 4 is 11.3 Å². The number of nitrogens with zero attached hydrogens (tertiary/aromatic N) is 1. The molecule has 2 aliphatic rings. The maximum absolute atomic E-state index is 5.06. The van der Waals surface area contributed by atoms with E-state index in [1.807, 2.05) is 11.3 Å². The highest BCUT2D eigenvalue weighted by Gasteiger charge is 2.35. The lowest BCUT2D eigenvalue weighted by atomic mass is 9.90. The van der Waals surface area contributed by atoms with E-state index in [0.29, 0.717) is 0 Å². The third kappa shape index (κ3) is 2.73. The lowest BCUT2D eigenvalue weighted by Gasteiger charge is -2.31. The molecule has 2 aliphatic carbocycles. The number of hydrogen-bond donors (Lipinski definition) is 1. The predicted octanol–water partition coefficient (Wildman–Crippen LogP) is 4.18. The van der Waals surface area contributed by atoms with Crippen LogP contribution < -0.4 is 5.32 Å². The summed E-state index contributed by atoms with van der Waals surface area (Å²) in [7, 11) is 0. The molecule has 0 saturated heterocycles. The van der Waals surface area contributed by atoms with Crippen molar-refractivity contribution < 1.29 is 0 Å². The molecule has 1 heterocycles. The number of thiazole rings is 1. The van der Waals surface area contributed by atoms with Crippen LogP contribution in [0.5, 0.6) is 0 Å². The molecule has 19 heavy (non-hydrogen) atoms. The highest BCUT2D eigenvalue weighted by molar-refractivity contribution is 7.11. The number of hydrogen-bond acceptors (Lipinski definition) is 3. The standard InChI is InChI=1S/C16H26N2S/c1-2-17-16(11-7-3-4-8-12-16)15-18-13-9-5-6-10-14(13)19-15/h17H,2-12H2,1H3. The molecule has 0 aliphatic heterocycles. The smallest absolute Gasteiger partial charge is 0.113 e. The molecule has 0 radical (unpaired) electrons. The van der Waals surface area contributed by atoms with Gasteiger partial charge in [-0.05, 0) is 45.1 Å². The Kier molecular flexibility index (Phi) is 4.23. The first-order valence-corrected chi connectivity index (χ1v) is 8.90. The first-order chi connectivity index (χ1) is 9.34. The molecule has 1 aromatic rings. The molecule has 0 bridgehead atoms. The monoisotopic (exact) mass is 278 g/mol. The maximum atomic E-state index is 5.06. The van der Waals surface area contributed by atoms with Crippen molar-refractivity contribution in [2.24, 2.45) is 0 Å². The van der Waals surface area contributed by atoms with E-state index in [4.69, 9.17) is 4.98 Å². The minimum atomic E-state index is 0.202. The molecular formula is C16H26N2S. The molecule has 3 rings (SSSR count). The van der Waals surface area contributed by atoms with Gasteiger partial charge in [0.2, 0.25) is 0 Å². The van der Waals surface area contributed by atoms with Crippen molar-refractivity contribution in [3.8, 4) is 0 Å². The van der Waals surface area contributed by atoms with Crippen LogP contribution in [0.25, 0.3) is 0 Å². The third-order valence-corrected chi connectivity index (χ3v) is 6.09. The summed E-state index contributed by atoms with van der Waals surface area (Å²) >= 11 is 2.02. The summed E-state index contributed by atoms with van der Waals surface area (Å²) in [5.41, 5.74) is 1.63. The van der Waals surface area contributed by atoms with Crippen molar-refractivity contribution in [2.45, 2.75) is 76.7 Å². The van der Waals surface area contributed by atoms with Crippen molar-refractivity contribution in [3.63, 3.8) is 0 Å². The second-order valence-corrected chi connectivity index (χ2v) is 7.21. The van der Waals surface area contributed by atoms with Crippen molar-refractivity contribution in [1.82, 2.24) is 10.3 Å². The molecule has 0 amide bonds. The zero-order valence-corrected chi connectivity index (χ0v) is 13.0. The molecule has 1 saturated carbocycles. The van der Waals surface area contributed by atoms with E-state index in [-0.39, 0.29) is 5.54 Å². The van der Waals surface area contributed by atoms with Gasteiger partial charge in [-0.1, -0.05) is 32.6 Å². The zero-order valence-electron chi connectivity index (χ0n) is 12.1. The van der Waals surface area contributed by atoms with E-state index in [9.17, 15) is 0 Å². The lowest BCUT2D eigenvalue weighted by molar-refractivity contribution is 0.295. The van der Waals surface area contributed by atoms with Crippen LogP contribution in [0.3, 0.4) is 0 Å². The number of aryl methyl sites for hydroxylation is 2. The van der Waals surface area contributed by atoms with Gasteiger partial charge in [0, 0.05) is 4.88 Å². The number of fused-ring (bicyclic) bond motifs is 1. The Labute approximate surface area is 121 Å². The Morgan fingerprint density at radius 3 is 2.47 bits per heavy atom. The third-order valence-electron chi connectivity index (χ3n) is 4.73. The van der Waals surface area contributed by atoms with Crippen LogP contribution in [0.2, 0.25) is 0 Å². The Morgan fingerprint density at radius 1 is 1.05 bits per heavy atom. The van der Waals surface area contributed by atoms with E-state index in [2.05, 4.69) is 12.2 Å². The largest absolute Gasteiger partial charge is 0.306 e. The van der Waals surface area contributed by atoms with Gasteiger partial charge in [0.25, 0.3) is 0 Å². The number of rotatable bonds is 3. The van der Waals surface area contributed by atoms with Crippen molar-refractivity contribution in [1.29, 1.82) is 0 Å². The molecule has 0 unspecified atom stereocenters. The molecule has 0 aromatic carbocycles. The predicted molar refractivity (Wildman–Crippen MR) is 81.8 cm³/mol. The summed E-state index contributed by atoms with van der Waals surface area (Å²) in [4.78, 5) is 6.65. The molecular weight excluding hydrogens is 252 g/mol. The molecule has 0 spiro atoms. The van der Waals surface area contributed by atoms with Gasteiger partial charge in [-0.25, -0.2) is 4.98 Å². The fraction of sp³-hybridized carbons (Fsp3) is 0.812. The fourth-order valence-electron chi connectivity index (χ4n) is 3.69. The second kappa shape index (κ2) is 5.92. The summed E-state index contributed by atoms with van der Waals surface area (Å²) in [6.45, 7) is 3.30. The van der Waals surface area contributed by atoms with Crippen LogP contribution >= 0.6 is 11.3 Å². The Bertz CT molecular complexity index is 393. The molecule has 1 aromatic heterocycles. The first kappa shape index (κ1) is 13.6. The van der Waals surface area contributed by atoms with Gasteiger partial charge in [0.05, 0.1) is 11.2 Å². The maximum Gasteiger partial charge on any atom is 0.113 e. The van der Waals surface area contributed by atoms with Crippen molar-refractivity contribution in [3.05, 3.63) is 15.6 Å². The van der Waals surface area contributed by atoms with E-state index < -0.39 is 0 Å². The van der Waals surface area contributed by atoms with Crippen LogP contribution in [-0.2, 0) is 18.4 Å². The first-order valence-electron chi connectivity index (χ1n) is 8.08. The minimum Gasteiger partial charge on any atom is -0.306 e. The molecule has 106 valence electrons. The number of aromatic nitrogens is 1. The zero-order chi connectivity index (χ0) is 13.1. The van der Waals surface area contributed by atoms with Gasteiger partial charge in [-0.2, -0.15) is 0 Å². The van der Waals surface area contributed by atoms with Gasteiger partial charge in [0.15, 0.2) is 0 Å². The topological polar surface area (TPSA) is 24.9 Å². The van der Waals surface area contributed by atoms with Crippen molar-refractivity contribution in [2.75, 3.05) is 6.54 Å². The summed E-state index contributed by atoms with van der Waals surface area (Å²) in [5, 5.41) is 5.22. The van der Waals surface area contributed by atoms with Crippen LogP contribution in [0.1, 0.15) is 73.9 Å². The molecule has 2 nitrogen and oxygen atoms in total. The fourth-order valence-corrected chi connectivity index (χ4v) is 5.07. The average molecular weight is 278 g/mol. The van der Waals surface area contributed by atoms with Crippen LogP contribution in [0, 0.1) is 0 Å². The summed E-state index contributed by atoms with van der Waals surface area (Å²) in [6.07, 6.45) is 13.3. The van der Waals surface area contributed by atoms with Crippen LogP contribution in [0.4, 0.5) is 0 Å². The van der Waals surface area contributed by atoms with Gasteiger partial charge in [-0.15, -0.1) is 11.3 Å². The van der Waals surface area contributed by atoms with E-state index in [1.165, 1.54) is 74.9 Å². The normalized spacial score (nSPS) is 22.8. The summed E-state index contributed by atoms with van der Waals surface area (Å²) in [6, 6.07) is 0. The molecule has 1 N–H and O–H groups in total. The van der Waals surface area contributed by atoms with Gasteiger partial charge >= 0.3 is 0 Å². The van der Waals surface area contributed by atoms with Gasteiger partial charge in [-0.3, -0.25) is 0 Å². The Morgan fingerprint density at radius 2 is 1.79 bits per heavy atom. The molecule has 0 atom stereocenters. The Hall–Kier alpha value is -0.410. The minimum absolute atomic E-state index is 0.202. The van der Waals surface area contributed by atoms with Gasteiger partial charge in [0.1, 0.15) is 5.01 Å². The SMILES string of the molecule is CCNC1(c2nc3c(s2)CCCC3)CCCCCC1. The van der Waals surface area contributed by atoms with Gasteiger partial charge < -0.3 is 5.32 Å². The van der Waals surface area contributed by atoms with E-state index >= 15 is 0 Å². The Balaban J connectivity index is 1.91.